The van der Waals surface area contributed by atoms with Crippen molar-refractivity contribution in [2.45, 2.75) is 55.6 Å². The average Bonchev–Trinajstić information content (AvgIpc) is 3.31. The highest BCUT2D eigenvalue weighted by atomic mass is 16.7. The van der Waals surface area contributed by atoms with Crippen LogP contribution in [0.4, 0.5) is 23.1 Å². The van der Waals surface area contributed by atoms with Crippen LogP contribution in [-0.2, 0) is 19.1 Å². The molecule has 0 bridgehead atoms. The molecular formula is C46H56N8O20. The number of ether oxygens (including phenoxy) is 2. The van der Waals surface area contributed by atoms with Crippen LogP contribution in [0, 0.1) is 0 Å². The number of nitrogens with zero attached hydrogens (tertiary/aromatic N) is 3. The Morgan fingerprint density at radius 3 is 2.20 bits per heavy atom. The van der Waals surface area contributed by atoms with E-state index in [1.165, 1.54) is 18.2 Å². The second kappa shape index (κ2) is 23.9. The van der Waals surface area contributed by atoms with Crippen molar-refractivity contribution in [2.24, 2.45) is 0 Å². The Morgan fingerprint density at radius 2 is 1.62 bits per heavy atom. The summed E-state index contributed by atoms with van der Waals surface area (Å²) >= 11 is 0. The Balaban J connectivity index is 0.000000239. The van der Waals surface area contributed by atoms with E-state index in [4.69, 9.17) is 24.7 Å². The van der Waals surface area contributed by atoms with Crippen molar-refractivity contribution >= 4 is 57.9 Å². The predicted molar refractivity (Wildman–Crippen MR) is 258 cm³/mol. The van der Waals surface area contributed by atoms with Gasteiger partial charge in [-0.2, -0.15) is 4.98 Å². The quantitative estimate of drug-likeness (QED) is 0.0385. The van der Waals surface area contributed by atoms with Crippen molar-refractivity contribution in [3.05, 3.63) is 80.7 Å². The smallest absolute Gasteiger partial charge is 0.326 e. The molecule has 7 rings (SSSR count). The summed E-state index contributed by atoms with van der Waals surface area (Å²) in [7, 11) is 7.19. The van der Waals surface area contributed by atoms with Gasteiger partial charge >= 0.3 is 11.9 Å². The van der Waals surface area contributed by atoms with Crippen LogP contribution in [0.2, 0.25) is 0 Å². The number of quaternary nitrogens is 1. The van der Waals surface area contributed by atoms with E-state index in [2.05, 4.69) is 25.9 Å². The minimum atomic E-state index is -1.85. The van der Waals surface area contributed by atoms with Crippen LogP contribution in [0.5, 0.6) is 28.7 Å². The molecule has 7 atom stereocenters. The van der Waals surface area contributed by atoms with Crippen LogP contribution in [-0.4, -0.2) is 187 Å². The van der Waals surface area contributed by atoms with Crippen LogP contribution in [0.15, 0.2) is 68.6 Å². The largest absolute Gasteiger partial charge is 0.544 e. The van der Waals surface area contributed by atoms with Crippen molar-refractivity contribution < 1.29 is 93.7 Å². The lowest BCUT2D eigenvalue weighted by Crippen LogP contribution is -2.60. The number of rotatable bonds is 15. The molecule has 0 spiro atoms. The zero-order valence-corrected chi connectivity index (χ0v) is 40.0. The minimum Gasteiger partial charge on any atom is -0.544 e. The molecule has 5 aromatic rings. The standard InChI is InChI=1S/C21H20O12.C20H25N7O6.C5H11NO2/c22-6-13-15(27)17(29)18(30)21(32-13)33-20-16(28)14-11(26)4-8(23)5-12(14)31-19(20)7-1-2-9(24)10(25)3-7;1-27-12(9-23-16-15(27)18(31)26-20(21)25-16)8-22-11-4-2-10(3-5-11)17(30)24-13(19(32)33)6-7-14(28)29;1-6(2,3)4-5(7)8/h1-5,13,15,17-18,21-27,29-30H,6H2;2-5,12-13,22H,6-9H2,1H3,(H,24,30)(H,28,29)(H,32,33)(H4,21,23,25,26,31);4H2,1-3H3/t13-,15-,17+,18-,21+;12?,13-;/m10./s1. The highest BCUT2D eigenvalue weighted by Gasteiger charge is 2.45. The van der Waals surface area contributed by atoms with Crippen LogP contribution in [0.3, 0.4) is 0 Å². The van der Waals surface area contributed by atoms with E-state index in [1.807, 2.05) is 4.90 Å². The maximum Gasteiger partial charge on any atom is 0.326 e. The monoisotopic (exact) mass is 1040 g/mol. The number of nitrogens with one attached hydrogen (secondary N) is 4. The Hall–Kier alpha value is -8.41. The number of aliphatic hydroxyl groups excluding tert-OH is 4. The molecular weight excluding hydrogens is 985 g/mol. The number of carboxylic acids is 3. The van der Waals surface area contributed by atoms with Gasteiger partial charge in [-0.1, -0.05) is 0 Å². The van der Waals surface area contributed by atoms with Crippen LogP contribution in [0.25, 0.3) is 22.3 Å². The van der Waals surface area contributed by atoms with Gasteiger partial charge in [0, 0.05) is 55.5 Å². The number of nitrogens with two attached hydrogens (primary N) is 1. The molecule has 2 aliphatic rings. The molecule has 3 aromatic carbocycles. The molecule has 1 fully saturated rings. The number of phenolic OH excluding ortho intramolecular Hbond substituents is 4. The molecule has 400 valence electrons. The third kappa shape index (κ3) is 14.2. The fourth-order valence-electron chi connectivity index (χ4n) is 7.32. The number of nitrogen functional groups attached to an aromatic ring is 1. The first kappa shape index (κ1) is 56.5. The second-order valence-electron chi connectivity index (χ2n) is 17.8. The Labute approximate surface area is 418 Å². The van der Waals surface area contributed by atoms with E-state index in [-0.39, 0.29) is 64.8 Å². The van der Waals surface area contributed by atoms with Gasteiger partial charge in [-0.05, 0) is 48.9 Å². The van der Waals surface area contributed by atoms with Crippen LogP contribution < -0.4 is 47.4 Å². The molecule has 74 heavy (non-hydrogen) atoms. The highest BCUT2D eigenvalue weighted by Crippen LogP contribution is 2.39. The zero-order chi connectivity index (χ0) is 54.9. The number of benzene rings is 3. The fraction of sp³-hybridized carbons (Fsp3) is 0.370. The lowest BCUT2D eigenvalue weighted by atomic mass is 9.99. The van der Waals surface area contributed by atoms with E-state index in [0.717, 1.165) is 30.0 Å². The van der Waals surface area contributed by atoms with Crippen molar-refractivity contribution in [3.8, 4) is 40.1 Å². The van der Waals surface area contributed by atoms with Gasteiger partial charge in [0.05, 0.1) is 39.8 Å². The number of hydrogen-bond donors (Lipinski definition) is 15. The van der Waals surface area contributed by atoms with Gasteiger partial charge in [0.25, 0.3) is 11.5 Å². The van der Waals surface area contributed by atoms with Crippen molar-refractivity contribution in [3.63, 3.8) is 0 Å². The molecule has 0 aliphatic carbocycles. The minimum absolute atomic E-state index is 0.0201. The number of carboxylic acid groups (broad SMARTS) is 3. The summed E-state index contributed by atoms with van der Waals surface area (Å²) in [6.07, 6.45) is -8.99. The summed E-state index contributed by atoms with van der Waals surface area (Å²) in [5, 5.41) is 115. The number of carbonyl (C=O) groups is 4. The highest BCUT2D eigenvalue weighted by molar-refractivity contribution is 5.97. The van der Waals surface area contributed by atoms with E-state index in [9.17, 15) is 79.8 Å². The van der Waals surface area contributed by atoms with Crippen LogP contribution >= 0.6 is 0 Å². The number of aromatic hydroxyl groups is 4. The number of aromatic nitrogens is 2. The number of phenols is 4. The summed E-state index contributed by atoms with van der Waals surface area (Å²) in [5.41, 5.74) is 5.40. The maximum absolute atomic E-state index is 13.2. The van der Waals surface area contributed by atoms with E-state index >= 15 is 0 Å². The fourth-order valence-corrected chi connectivity index (χ4v) is 7.32. The summed E-state index contributed by atoms with van der Waals surface area (Å²) < 4.78 is 16.9. The molecule has 1 saturated heterocycles. The van der Waals surface area contributed by atoms with Gasteiger partial charge < -0.3 is 106 Å². The number of aliphatic carboxylic acids is 3. The lowest BCUT2D eigenvalue weighted by molar-refractivity contribution is -0.864. The molecule has 28 nitrogen and oxygen atoms in total. The first-order chi connectivity index (χ1) is 34.7. The molecule has 0 radical (unpaired) electrons. The number of amides is 1. The summed E-state index contributed by atoms with van der Waals surface area (Å²) in [6.45, 7) is 0.338. The van der Waals surface area contributed by atoms with Crippen LogP contribution in [0.1, 0.15) is 23.2 Å². The third-order valence-electron chi connectivity index (χ3n) is 11.1. The normalized spacial score (nSPS) is 19.5. The number of fused-ring (bicyclic) bond motifs is 2. The number of H-pyrrole nitrogens is 1. The average molecular weight is 1040 g/mol. The van der Waals surface area contributed by atoms with Crippen molar-refractivity contribution in [1.82, 2.24) is 15.3 Å². The summed E-state index contributed by atoms with van der Waals surface area (Å²) in [4.78, 5) is 78.0. The number of aromatic amines is 1. The third-order valence-corrected chi connectivity index (χ3v) is 11.1. The zero-order valence-electron chi connectivity index (χ0n) is 40.0. The molecule has 16 N–H and O–H groups in total. The molecule has 2 aromatic heterocycles. The van der Waals surface area contributed by atoms with Gasteiger partial charge in [0.2, 0.25) is 23.4 Å². The molecule has 1 amide bonds. The maximum atomic E-state index is 13.2. The molecule has 1 unspecified atom stereocenters. The Morgan fingerprint density at radius 1 is 0.946 bits per heavy atom. The van der Waals surface area contributed by atoms with E-state index in [1.54, 1.807) is 40.3 Å². The Bertz CT molecular complexity index is 2960. The number of anilines is 4. The number of hydrogen-bond acceptors (Lipinski definition) is 23. The van der Waals surface area contributed by atoms with Gasteiger partial charge in [-0.15, -0.1) is 0 Å². The Kier molecular flexibility index (Phi) is 18.2. The topological polar surface area (TPSA) is 453 Å². The van der Waals surface area contributed by atoms with Gasteiger partial charge in [0.15, 0.2) is 23.1 Å². The molecule has 0 saturated carbocycles. The SMILES string of the molecule is CN1c2c(nc(N)[nH]c2=O)NCC1CNc1ccc(C(=O)N[C@@H](CCC(=O)O)C(=O)O)cc1.C[N+](C)(C)CC(=O)[O-].O=c1c(O[C@@H]2O[C@H](CO)[C@@H](O)[C@H](O)[C@H]2O)c(-c2ccc(O)c(O)c2)oc2cc(O)cc(O)c12. The summed E-state index contributed by atoms with van der Waals surface area (Å²) in [6, 6.07) is 10.4. The molecule has 2 aliphatic heterocycles. The lowest BCUT2D eigenvalue weighted by Gasteiger charge is -2.39. The summed E-state index contributed by atoms with van der Waals surface area (Å²) in [5.74, 6) is -6.64. The van der Waals surface area contributed by atoms with Gasteiger partial charge in [0.1, 0.15) is 65.2 Å². The van der Waals surface area contributed by atoms with E-state index < -0.39 is 101 Å². The first-order valence-electron chi connectivity index (χ1n) is 22.2. The second-order valence-corrected chi connectivity index (χ2v) is 17.8. The first-order valence-corrected chi connectivity index (χ1v) is 22.2. The van der Waals surface area contributed by atoms with E-state index in [0.29, 0.717) is 29.1 Å². The number of aliphatic hydroxyl groups is 4. The number of carbonyl (C=O) groups excluding carboxylic acids is 2. The van der Waals surface area contributed by atoms with Gasteiger partial charge in [-0.3, -0.25) is 24.2 Å². The molecule has 28 heteroatoms. The number of likely N-dealkylation sites (N-methyl/N-ethyl adjacent to an activating group) is 2. The van der Waals surface area contributed by atoms with Gasteiger partial charge in [-0.25, -0.2) is 4.79 Å². The molecule has 4 heterocycles. The van der Waals surface area contributed by atoms with Crippen molar-refractivity contribution in [1.29, 1.82) is 0 Å². The predicted octanol–water partition coefficient (Wildman–Crippen LogP) is -2.35. The van der Waals surface area contributed by atoms with Crippen molar-refractivity contribution in [2.75, 3.05) is 75.7 Å².